The van der Waals surface area contributed by atoms with Gasteiger partial charge >= 0.3 is 0 Å². The number of nitrogens with zero attached hydrogens (tertiary/aromatic N) is 1. The summed E-state index contributed by atoms with van der Waals surface area (Å²) in [5.74, 6) is -0.0822. The summed E-state index contributed by atoms with van der Waals surface area (Å²) in [6, 6.07) is 11.5. The van der Waals surface area contributed by atoms with Crippen LogP contribution >= 0.6 is 0 Å². The van der Waals surface area contributed by atoms with Gasteiger partial charge in [-0.15, -0.1) is 0 Å². The third-order valence-electron chi connectivity index (χ3n) is 5.17. The summed E-state index contributed by atoms with van der Waals surface area (Å²) in [7, 11) is 0. The number of nitrogens with one attached hydrogen (secondary N) is 2. The average molecular weight is 350 g/mol. The van der Waals surface area contributed by atoms with Crippen molar-refractivity contribution in [1.29, 1.82) is 0 Å². The Kier molecular flexibility index (Phi) is 4.44. The molecule has 1 fully saturated rings. The summed E-state index contributed by atoms with van der Waals surface area (Å²) in [6.07, 6.45) is 2.08. The number of aromatic nitrogens is 2. The van der Waals surface area contributed by atoms with E-state index >= 15 is 0 Å². The standard InChI is InChI=1S/C20H22N4O2/c21-20(26)17-10-15(13-3-1-12(11-25)2-4-13)9-16-18(23-24-19(16)17)14-5-7-22-8-6-14/h1-4,9-10,14,22,25H,5-8,11H2,(H2,21,26)(H,23,24). The van der Waals surface area contributed by atoms with Crippen molar-refractivity contribution in [3.8, 4) is 11.1 Å². The molecular formula is C20H22N4O2. The third-order valence-corrected chi connectivity index (χ3v) is 5.17. The van der Waals surface area contributed by atoms with E-state index < -0.39 is 5.91 Å². The molecule has 0 spiro atoms. The van der Waals surface area contributed by atoms with Gasteiger partial charge in [0.2, 0.25) is 0 Å². The van der Waals surface area contributed by atoms with Gasteiger partial charge in [0.05, 0.1) is 12.2 Å². The largest absolute Gasteiger partial charge is 0.392 e. The molecule has 2 heterocycles. The van der Waals surface area contributed by atoms with Crippen molar-refractivity contribution in [3.05, 3.63) is 53.2 Å². The number of carbonyl (C=O) groups excluding carboxylic acids is 1. The van der Waals surface area contributed by atoms with Gasteiger partial charge < -0.3 is 16.2 Å². The van der Waals surface area contributed by atoms with Crippen LogP contribution in [0.1, 0.15) is 40.4 Å². The van der Waals surface area contributed by atoms with Crippen LogP contribution in [0.3, 0.4) is 0 Å². The smallest absolute Gasteiger partial charge is 0.251 e. The summed E-state index contributed by atoms with van der Waals surface area (Å²) in [4.78, 5) is 12.0. The first-order chi connectivity index (χ1) is 12.7. The second-order valence-corrected chi connectivity index (χ2v) is 6.80. The summed E-state index contributed by atoms with van der Waals surface area (Å²) < 4.78 is 0. The van der Waals surface area contributed by atoms with E-state index in [4.69, 9.17) is 5.73 Å². The van der Waals surface area contributed by atoms with Gasteiger partial charge in [-0.3, -0.25) is 9.89 Å². The lowest BCUT2D eigenvalue weighted by molar-refractivity contribution is 0.100. The maximum Gasteiger partial charge on any atom is 0.251 e. The lowest BCUT2D eigenvalue weighted by Gasteiger charge is -2.21. The van der Waals surface area contributed by atoms with Gasteiger partial charge in [0.25, 0.3) is 5.91 Å². The number of primary amides is 1. The molecule has 2 aromatic carbocycles. The van der Waals surface area contributed by atoms with E-state index in [1.165, 1.54) is 0 Å². The lowest BCUT2D eigenvalue weighted by Crippen LogP contribution is -2.26. The van der Waals surface area contributed by atoms with Crippen LogP contribution in [-0.2, 0) is 6.61 Å². The SMILES string of the molecule is NC(=O)c1cc(-c2ccc(CO)cc2)cc2c(C3CCNCC3)[nH]nc12. The molecule has 0 aliphatic carbocycles. The first-order valence-electron chi connectivity index (χ1n) is 8.90. The van der Waals surface area contributed by atoms with E-state index in [0.29, 0.717) is 17.0 Å². The van der Waals surface area contributed by atoms with Crippen LogP contribution < -0.4 is 11.1 Å². The molecule has 1 amide bonds. The van der Waals surface area contributed by atoms with Gasteiger partial charge in [-0.1, -0.05) is 24.3 Å². The van der Waals surface area contributed by atoms with Crippen molar-refractivity contribution in [1.82, 2.24) is 15.5 Å². The number of benzene rings is 2. The minimum Gasteiger partial charge on any atom is -0.392 e. The number of aliphatic hydroxyl groups excluding tert-OH is 1. The van der Waals surface area contributed by atoms with Crippen LogP contribution in [0, 0.1) is 0 Å². The predicted molar refractivity (Wildman–Crippen MR) is 101 cm³/mol. The van der Waals surface area contributed by atoms with Gasteiger partial charge in [0.15, 0.2) is 0 Å². The Morgan fingerprint density at radius 2 is 1.88 bits per heavy atom. The van der Waals surface area contributed by atoms with E-state index in [-0.39, 0.29) is 6.61 Å². The van der Waals surface area contributed by atoms with E-state index in [2.05, 4.69) is 21.6 Å². The minimum absolute atomic E-state index is 0.00739. The number of hydrogen-bond acceptors (Lipinski definition) is 4. The molecule has 0 saturated carbocycles. The second kappa shape index (κ2) is 6.90. The van der Waals surface area contributed by atoms with Crippen molar-refractivity contribution in [2.24, 2.45) is 5.73 Å². The molecule has 0 bridgehead atoms. The quantitative estimate of drug-likeness (QED) is 0.579. The first kappa shape index (κ1) is 16.8. The molecule has 3 aromatic rings. The Morgan fingerprint density at radius 1 is 1.15 bits per heavy atom. The van der Waals surface area contributed by atoms with E-state index in [1.807, 2.05) is 24.3 Å². The number of rotatable bonds is 4. The molecular weight excluding hydrogens is 328 g/mol. The molecule has 5 N–H and O–H groups in total. The van der Waals surface area contributed by atoms with Crippen molar-refractivity contribution in [3.63, 3.8) is 0 Å². The average Bonchev–Trinajstić information content (AvgIpc) is 3.12. The molecule has 6 nitrogen and oxygen atoms in total. The van der Waals surface area contributed by atoms with Crippen LogP contribution in [0.4, 0.5) is 0 Å². The topological polar surface area (TPSA) is 104 Å². The number of piperidine rings is 1. The Bertz CT molecular complexity index is 940. The Hall–Kier alpha value is -2.70. The number of aromatic amines is 1. The Labute approximate surface area is 151 Å². The second-order valence-electron chi connectivity index (χ2n) is 6.80. The third kappa shape index (κ3) is 2.98. The zero-order valence-corrected chi connectivity index (χ0v) is 14.5. The monoisotopic (exact) mass is 350 g/mol. The van der Waals surface area contributed by atoms with Crippen LogP contribution in [0.25, 0.3) is 22.0 Å². The van der Waals surface area contributed by atoms with Crippen molar-refractivity contribution >= 4 is 16.8 Å². The summed E-state index contributed by atoms with van der Waals surface area (Å²) >= 11 is 0. The Morgan fingerprint density at radius 3 is 2.54 bits per heavy atom. The predicted octanol–water partition coefficient (Wildman–Crippen LogP) is 2.29. The van der Waals surface area contributed by atoms with Gasteiger partial charge in [-0.25, -0.2) is 0 Å². The van der Waals surface area contributed by atoms with Crippen LogP contribution in [-0.4, -0.2) is 34.3 Å². The first-order valence-corrected chi connectivity index (χ1v) is 8.90. The fourth-order valence-corrected chi connectivity index (χ4v) is 3.72. The molecule has 0 atom stereocenters. The number of nitrogens with two attached hydrogens (primary N) is 1. The van der Waals surface area contributed by atoms with Gasteiger partial charge in [0.1, 0.15) is 5.52 Å². The van der Waals surface area contributed by atoms with Crippen LogP contribution in [0.5, 0.6) is 0 Å². The maximum atomic E-state index is 12.0. The number of amides is 1. The summed E-state index contributed by atoms with van der Waals surface area (Å²) in [5, 5.41) is 21.1. The number of hydrogen-bond donors (Lipinski definition) is 4. The van der Waals surface area contributed by atoms with Gasteiger partial charge in [0, 0.05) is 17.0 Å². The minimum atomic E-state index is -0.479. The molecule has 26 heavy (non-hydrogen) atoms. The van der Waals surface area contributed by atoms with E-state index in [9.17, 15) is 9.90 Å². The summed E-state index contributed by atoms with van der Waals surface area (Å²) in [5.41, 5.74) is 10.5. The van der Waals surface area contributed by atoms with Crippen molar-refractivity contribution < 1.29 is 9.90 Å². The molecule has 1 saturated heterocycles. The van der Waals surface area contributed by atoms with E-state index in [1.54, 1.807) is 6.07 Å². The summed E-state index contributed by atoms with van der Waals surface area (Å²) in [6.45, 7) is 1.97. The highest BCUT2D eigenvalue weighted by atomic mass is 16.3. The number of carbonyl (C=O) groups is 1. The molecule has 6 heteroatoms. The van der Waals surface area contributed by atoms with Gasteiger partial charge in [-0.2, -0.15) is 5.10 Å². The van der Waals surface area contributed by atoms with E-state index in [0.717, 1.165) is 53.7 Å². The molecule has 0 unspecified atom stereocenters. The number of fused-ring (bicyclic) bond motifs is 1. The fourth-order valence-electron chi connectivity index (χ4n) is 3.72. The number of H-pyrrole nitrogens is 1. The fraction of sp³-hybridized carbons (Fsp3) is 0.300. The molecule has 0 radical (unpaired) electrons. The van der Waals surface area contributed by atoms with Crippen LogP contribution in [0.2, 0.25) is 0 Å². The highest BCUT2D eigenvalue weighted by Gasteiger charge is 2.22. The zero-order valence-electron chi connectivity index (χ0n) is 14.5. The normalized spacial score (nSPS) is 15.4. The molecule has 4 rings (SSSR count). The molecule has 1 aliphatic heterocycles. The number of aliphatic hydroxyl groups is 1. The lowest BCUT2D eigenvalue weighted by atomic mass is 9.90. The Balaban J connectivity index is 1.86. The van der Waals surface area contributed by atoms with Crippen LogP contribution in [0.15, 0.2) is 36.4 Å². The van der Waals surface area contributed by atoms with Gasteiger partial charge in [-0.05, 0) is 54.8 Å². The highest BCUT2D eigenvalue weighted by Crippen LogP contribution is 2.34. The van der Waals surface area contributed by atoms with Crippen molar-refractivity contribution in [2.75, 3.05) is 13.1 Å². The zero-order chi connectivity index (χ0) is 18.1. The highest BCUT2D eigenvalue weighted by molar-refractivity contribution is 6.07. The molecule has 1 aliphatic rings. The maximum absolute atomic E-state index is 12.0. The van der Waals surface area contributed by atoms with Crippen molar-refractivity contribution in [2.45, 2.75) is 25.4 Å². The molecule has 1 aromatic heterocycles. The molecule has 134 valence electrons.